The van der Waals surface area contributed by atoms with Crippen molar-refractivity contribution >= 4 is 17.7 Å². The number of rotatable bonds is 5. The highest BCUT2D eigenvalue weighted by Gasteiger charge is 2.24. The second kappa shape index (κ2) is 8.22. The van der Waals surface area contributed by atoms with Crippen LogP contribution in [0.3, 0.4) is 0 Å². The first-order valence-electron chi connectivity index (χ1n) is 7.61. The molecule has 0 radical (unpaired) electrons. The van der Waals surface area contributed by atoms with Crippen LogP contribution in [0.2, 0.25) is 0 Å². The summed E-state index contributed by atoms with van der Waals surface area (Å²) in [6.45, 7) is 7.07. The first-order valence-corrected chi connectivity index (χ1v) is 8.76. The van der Waals surface area contributed by atoms with Crippen molar-refractivity contribution < 1.29 is 4.79 Å². The molecule has 20 heavy (non-hydrogen) atoms. The zero-order valence-corrected chi connectivity index (χ0v) is 13.6. The molecule has 2 fully saturated rings. The predicted molar refractivity (Wildman–Crippen MR) is 85.3 cm³/mol. The maximum absolute atomic E-state index is 12.3. The minimum Gasteiger partial charge on any atom is -0.340 e. The highest BCUT2D eigenvalue weighted by molar-refractivity contribution is 7.99. The molecule has 0 spiro atoms. The fraction of sp³-hybridized carbons (Fsp3) is 0.929. The Balaban J connectivity index is 1.66. The molecule has 116 valence electrons. The smallest absolute Gasteiger partial charge is 0.224 e. The van der Waals surface area contributed by atoms with Gasteiger partial charge in [0.25, 0.3) is 0 Å². The van der Waals surface area contributed by atoms with Gasteiger partial charge in [0.2, 0.25) is 5.91 Å². The van der Waals surface area contributed by atoms with Gasteiger partial charge in [0.05, 0.1) is 0 Å². The lowest BCUT2D eigenvalue weighted by atomic mass is 10.2. The highest BCUT2D eigenvalue weighted by atomic mass is 32.2. The number of likely N-dealkylation sites (N-methyl/N-ethyl adjacent to an activating group) is 1. The zero-order valence-electron chi connectivity index (χ0n) is 12.8. The van der Waals surface area contributed by atoms with Crippen LogP contribution in [0.4, 0.5) is 0 Å². The SMILES string of the molecule is CN(C)CCN1CCN(C(=O)CC2CSCCN2)CC1. The van der Waals surface area contributed by atoms with Crippen molar-refractivity contribution in [2.24, 2.45) is 0 Å². The molecule has 1 N–H and O–H groups in total. The Kier molecular flexibility index (Phi) is 6.61. The van der Waals surface area contributed by atoms with Crippen molar-refractivity contribution in [3.8, 4) is 0 Å². The molecule has 0 aromatic carbocycles. The summed E-state index contributed by atoms with van der Waals surface area (Å²) >= 11 is 1.96. The topological polar surface area (TPSA) is 38.8 Å². The molecule has 0 aromatic rings. The van der Waals surface area contributed by atoms with Gasteiger partial charge in [0, 0.05) is 69.8 Å². The van der Waals surface area contributed by atoms with E-state index in [1.165, 1.54) is 5.75 Å². The van der Waals surface area contributed by atoms with Crippen LogP contribution in [0.25, 0.3) is 0 Å². The van der Waals surface area contributed by atoms with Gasteiger partial charge in [-0.05, 0) is 14.1 Å². The molecule has 1 unspecified atom stereocenters. The van der Waals surface area contributed by atoms with Crippen LogP contribution in [0, 0.1) is 0 Å². The number of carbonyl (C=O) groups excluding carboxylic acids is 1. The van der Waals surface area contributed by atoms with E-state index in [9.17, 15) is 4.79 Å². The minimum atomic E-state index is 0.331. The van der Waals surface area contributed by atoms with E-state index < -0.39 is 0 Å². The Morgan fingerprint density at radius 1 is 1.30 bits per heavy atom. The average molecular weight is 300 g/mol. The molecule has 0 aromatic heterocycles. The minimum absolute atomic E-state index is 0.331. The van der Waals surface area contributed by atoms with Crippen LogP contribution in [0.5, 0.6) is 0 Å². The van der Waals surface area contributed by atoms with Crippen LogP contribution in [0.1, 0.15) is 6.42 Å². The van der Waals surface area contributed by atoms with Crippen molar-refractivity contribution in [3.63, 3.8) is 0 Å². The van der Waals surface area contributed by atoms with E-state index in [-0.39, 0.29) is 0 Å². The second-order valence-corrected chi connectivity index (χ2v) is 7.11. The molecule has 1 amide bonds. The Morgan fingerprint density at radius 3 is 2.65 bits per heavy atom. The van der Waals surface area contributed by atoms with Crippen molar-refractivity contribution in [1.29, 1.82) is 0 Å². The maximum atomic E-state index is 12.3. The number of thioether (sulfide) groups is 1. The Morgan fingerprint density at radius 2 is 2.05 bits per heavy atom. The number of nitrogens with one attached hydrogen (secondary N) is 1. The van der Waals surface area contributed by atoms with Crippen LogP contribution >= 0.6 is 11.8 Å². The van der Waals surface area contributed by atoms with Crippen LogP contribution in [0.15, 0.2) is 0 Å². The maximum Gasteiger partial charge on any atom is 0.224 e. The van der Waals surface area contributed by atoms with Crippen LogP contribution < -0.4 is 5.32 Å². The third-order valence-corrected chi connectivity index (χ3v) is 5.14. The van der Waals surface area contributed by atoms with Gasteiger partial charge < -0.3 is 15.1 Å². The van der Waals surface area contributed by atoms with E-state index in [1.54, 1.807) is 0 Å². The Labute approximate surface area is 127 Å². The van der Waals surface area contributed by atoms with Gasteiger partial charge in [-0.2, -0.15) is 11.8 Å². The second-order valence-electron chi connectivity index (χ2n) is 5.96. The summed E-state index contributed by atoms with van der Waals surface area (Å²) in [6.07, 6.45) is 0.671. The van der Waals surface area contributed by atoms with E-state index in [1.807, 2.05) is 16.7 Å². The fourth-order valence-electron chi connectivity index (χ4n) is 2.65. The first kappa shape index (κ1) is 16.1. The number of hydrogen-bond acceptors (Lipinski definition) is 5. The zero-order chi connectivity index (χ0) is 14.4. The van der Waals surface area contributed by atoms with E-state index in [0.717, 1.165) is 51.6 Å². The van der Waals surface area contributed by atoms with E-state index in [2.05, 4.69) is 29.2 Å². The summed E-state index contributed by atoms with van der Waals surface area (Å²) < 4.78 is 0. The van der Waals surface area contributed by atoms with Gasteiger partial charge in [-0.3, -0.25) is 9.69 Å². The Hall–Kier alpha value is -0.300. The molecule has 2 aliphatic rings. The van der Waals surface area contributed by atoms with Gasteiger partial charge in [-0.15, -0.1) is 0 Å². The van der Waals surface area contributed by atoms with Crippen LogP contribution in [-0.4, -0.2) is 98.1 Å². The number of carbonyl (C=O) groups is 1. The lowest BCUT2D eigenvalue weighted by Gasteiger charge is -2.36. The summed E-state index contributed by atoms with van der Waals surface area (Å²) in [5.74, 6) is 2.58. The van der Waals surface area contributed by atoms with E-state index >= 15 is 0 Å². The average Bonchev–Trinajstić information content (AvgIpc) is 2.46. The van der Waals surface area contributed by atoms with E-state index in [0.29, 0.717) is 18.4 Å². The molecule has 5 nitrogen and oxygen atoms in total. The van der Waals surface area contributed by atoms with E-state index in [4.69, 9.17) is 0 Å². The van der Waals surface area contributed by atoms with Gasteiger partial charge in [-0.25, -0.2) is 0 Å². The van der Waals surface area contributed by atoms with Gasteiger partial charge >= 0.3 is 0 Å². The fourth-order valence-corrected chi connectivity index (χ4v) is 3.60. The summed E-state index contributed by atoms with van der Waals surface area (Å²) in [5.41, 5.74) is 0. The largest absolute Gasteiger partial charge is 0.340 e. The number of piperazine rings is 1. The first-order chi connectivity index (χ1) is 9.65. The molecule has 6 heteroatoms. The molecule has 0 bridgehead atoms. The summed E-state index contributed by atoms with van der Waals surface area (Å²) in [7, 11) is 4.21. The van der Waals surface area contributed by atoms with Gasteiger partial charge in [0.1, 0.15) is 0 Å². The molecule has 2 saturated heterocycles. The van der Waals surface area contributed by atoms with Crippen molar-refractivity contribution in [2.45, 2.75) is 12.5 Å². The van der Waals surface area contributed by atoms with Crippen LogP contribution in [-0.2, 0) is 4.79 Å². The van der Waals surface area contributed by atoms with Gasteiger partial charge in [0.15, 0.2) is 0 Å². The summed E-state index contributed by atoms with van der Waals surface area (Å²) in [4.78, 5) is 19.0. The van der Waals surface area contributed by atoms with Crippen molar-refractivity contribution in [3.05, 3.63) is 0 Å². The van der Waals surface area contributed by atoms with Crippen molar-refractivity contribution in [2.75, 3.05) is 71.4 Å². The normalized spacial score (nSPS) is 25.1. The molecule has 2 aliphatic heterocycles. The molecular formula is C14H28N4OS. The summed E-state index contributed by atoms with van der Waals surface area (Å²) in [5, 5.41) is 3.45. The predicted octanol–water partition coefficient (Wildman–Crippen LogP) is -0.213. The van der Waals surface area contributed by atoms with Gasteiger partial charge in [-0.1, -0.05) is 0 Å². The lowest BCUT2D eigenvalue weighted by Crippen LogP contribution is -2.51. The Bertz CT molecular complexity index is 300. The molecular weight excluding hydrogens is 272 g/mol. The monoisotopic (exact) mass is 300 g/mol. The standard InChI is InChI=1S/C14H28N4OS/c1-16(2)4-5-17-6-8-18(9-7-17)14(19)11-13-12-20-10-3-15-13/h13,15H,3-12H2,1-2H3. The molecule has 2 heterocycles. The molecule has 1 atom stereocenters. The summed E-state index contributed by atoms with van der Waals surface area (Å²) in [6, 6.07) is 0.382. The molecule has 0 saturated carbocycles. The molecule has 2 rings (SSSR count). The third kappa shape index (κ3) is 5.24. The highest BCUT2D eigenvalue weighted by Crippen LogP contribution is 2.12. The van der Waals surface area contributed by atoms with Crippen molar-refractivity contribution in [1.82, 2.24) is 20.0 Å². The third-order valence-electron chi connectivity index (χ3n) is 4.01. The quantitative estimate of drug-likeness (QED) is 0.760. The number of amides is 1. The lowest BCUT2D eigenvalue weighted by molar-refractivity contribution is -0.133. The molecule has 0 aliphatic carbocycles. The number of hydrogen-bond donors (Lipinski definition) is 1. The number of nitrogens with zero attached hydrogens (tertiary/aromatic N) is 3.